The van der Waals surface area contributed by atoms with Gasteiger partial charge in [-0.25, -0.2) is 0 Å². The van der Waals surface area contributed by atoms with Crippen LogP contribution in [0.3, 0.4) is 0 Å². The Balaban J connectivity index is 1.66. The van der Waals surface area contributed by atoms with Crippen molar-refractivity contribution in [2.24, 2.45) is 0 Å². The Hall–Kier alpha value is -3.12. The van der Waals surface area contributed by atoms with Crippen LogP contribution in [0.2, 0.25) is 0 Å². The van der Waals surface area contributed by atoms with Crippen LogP contribution in [-0.4, -0.2) is 20.9 Å². The van der Waals surface area contributed by atoms with Gasteiger partial charge in [-0.1, -0.05) is 48.5 Å². The molecule has 0 aromatic heterocycles. The molecule has 0 unspecified atom stereocenters. The summed E-state index contributed by atoms with van der Waals surface area (Å²) in [5, 5.41) is 0. The topological polar surface area (TPSA) is 63.7 Å². The predicted molar refractivity (Wildman–Crippen MR) is 112 cm³/mol. The van der Waals surface area contributed by atoms with Crippen LogP contribution in [0.1, 0.15) is 18.4 Å². The summed E-state index contributed by atoms with van der Waals surface area (Å²) in [5.41, 5.74) is 2.83. The second-order valence-corrected chi connectivity index (χ2v) is 8.51. The Morgan fingerprint density at radius 1 is 0.931 bits per heavy atom. The van der Waals surface area contributed by atoms with Crippen molar-refractivity contribution in [3.05, 3.63) is 78.4 Å². The average molecular weight is 407 g/mol. The number of aryl methyl sites for hydroxylation is 1. The van der Waals surface area contributed by atoms with Crippen LogP contribution in [0.25, 0.3) is 11.1 Å². The molecule has 0 atom stereocenters. The van der Waals surface area contributed by atoms with Crippen LogP contribution in [0.15, 0.2) is 77.7 Å². The lowest BCUT2D eigenvalue weighted by atomic mass is 10.1. The fourth-order valence-electron chi connectivity index (χ4n) is 3.56. The minimum atomic E-state index is -4.03. The maximum Gasteiger partial charge on any atom is 0.339 e. The second-order valence-electron chi connectivity index (χ2n) is 7.00. The molecule has 0 aliphatic carbocycles. The maximum absolute atomic E-state index is 13.0. The van der Waals surface area contributed by atoms with E-state index >= 15 is 0 Å². The SMILES string of the molecule is Cc1cc(N2CCCC2=O)ccc1S(=O)(=O)Oc1ccccc1-c1ccccc1. The number of carbonyl (C=O) groups is 1. The summed E-state index contributed by atoms with van der Waals surface area (Å²) in [6.07, 6.45) is 1.34. The molecule has 1 heterocycles. The molecule has 1 aliphatic rings. The van der Waals surface area contributed by atoms with Crippen molar-refractivity contribution >= 4 is 21.7 Å². The molecule has 4 rings (SSSR count). The first-order valence-corrected chi connectivity index (χ1v) is 10.9. The molecule has 0 saturated carbocycles. The first-order chi connectivity index (χ1) is 14.0. The van der Waals surface area contributed by atoms with Gasteiger partial charge in [-0.05, 0) is 48.7 Å². The number of nitrogens with zero attached hydrogens (tertiary/aromatic N) is 1. The van der Waals surface area contributed by atoms with Crippen LogP contribution >= 0.6 is 0 Å². The van der Waals surface area contributed by atoms with Gasteiger partial charge >= 0.3 is 10.1 Å². The van der Waals surface area contributed by atoms with Gasteiger partial charge in [0, 0.05) is 24.2 Å². The molecule has 5 nitrogen and oxygen atoms in total. The molecule has 3 aromatic rings. The van der Waals surface area contributed by atoms with Gasteiger partial charge in [-0.3, -0.25) is 4.79 Å². The predicted octanol–water partition coefficient (Wildman–Crippen LogP) is 4.56. The van der Waals surface area contributed by atoms with E-state index in [1.807, 2.05) is 42.5 Å². The molecule has 29 heavy (non-hydrogen) atoms. The fourth-order valence-corrected chi connectivity index (χ4v) is 4.72. The molecule has 6 heteroatoms. The van der Waals surface area contributed by atoms with Crippen molar-refractivity contribution in [3.8, 4) is 16.9 Å². The minimum absolute atomic E-state index is 0.0630. The third-order valence-corrected chi connectivity index (χ3v) is 6.38. The van der Waals surface area contributed by atoms with E-state index in [9.17, 15) is 13.2 Å². The summed E-state index contributed by atoms with van der Waals surface area (Å²) < 4.78 is 31.5. The zero-order valence-corrected chi connectivity index (χ0v) is 16.9. The van der Waals surface area contributed by atoms with Crippen molar-refractivity contribution < 1.29 is 17.4 Å². The van der Waals surface area contributed by atoms with E-state index in [0.717, 1.165) is 12.0 Å². The highest BCUT2D eigenvalue weighted by molar-refractivity contribution is 7.87. The van der Waals surface area contributed by atoms with Gasteiger partial charge in [-0.2, -0.15) is 8.42 Å². The third-order valence-electron chi connectivity index (χ3n) is 4.98. The lowest BCUT2D eigenvalue weighted by Crippen LogP contribution is -2.24. The van der Waals surface area contributed by atoms with Gasteiger partial charge in [0.2, 0.25) is 5.91 Å². The maximum atomic E-state index is 13.0. The normalized spacial score (nSPS) is 14.2. The van der Waals surface area contributed by atoms with E-state index in [-0.39, 0.29) is 16.6 Å². The average Bonchev–Trinajstić information content (AvgIpc) is 3.14. The molecule has 1 saturated heterocycles. The molecule has 0 bridgehead atoms. The van der Waals surface area contributed by atoms with Crippen molar-refractivity contribution in [2.75, 3.05) is 11.4 Å². The van der Waals surface area contributed by atoms with Crippen LogP contribution in [0.5, 0.6) is 5.75 Å². The molecule has 0 N–H and O–H groups in total. The number of carbonyl (C=O) groups excluding carboxylic acids is 1. The summed E-state index contributed by atoms with van der Waals surface area (Å²) in [4.78, 5) is 13.7. The summed E-state index contributed by atoms with van der Waals surface area (Å²) in [6, 6.07) is 21.5. The van der Waals surface area contributed by atoms with Crippen LogP contribution in [0, 0.1) is 6.92 Å². The highest BCUT2D eigenvalue weighted by Gasteiger charge is 2.25. The number of benzene rings is 3. The fraction of sp³-hybridized carbons (Fsp3) is 0.174. The number of rotatable bonds is 5. The van der Waals surface area contributed by atoms with Gasteiger partial charge < -0.3 is 9.08 Å². The van der Waals surface area contributed by atoms with Crippen molar-refractivity contribution in [1.29, 1.82) is 0 Å². The molecular formula is C23H21NO4S. The minimum Gasteiger partial charge on any atom is -0.378 e. The quantitative estimate of drug-likeness (QED) is 0.582. The highest BCUT2D eigenvalue weighted by Crippen LogP contribution is 2.33. The van der Waals surface area contributed by atoms with Crippen LogP contribution < -0.4 is 9.08 Å². The summed E-state index contributed by atoms with van der Waals surface area (Å²) >= 11 is 0. The Kier molecular flexibility index (Phi) is 5.11. The van der Waals surface area contributed by atoms with Gasteiger partial charge in [-0.15, -0.1) is 0 Å². The molecule has 0 spiro atoms. The zero-order chi connectivity index (χ0) is 20.4. The molecule has 148 valence electrons. The van der Waals surface area contributed by atoms with E-state index in [2.05, 4.69) is 0 Å². The number of amides is 1. The Labute approximate surface area is 170 Å². The molecule has 3 aromatic carbocycles. The van der Waals surface area contributed by atoms with E-state index in [1.54, 1.807) is 36.1 Å². The Bertz CT molecular complexity index is 1160. The van der Waals surface area contributed by atoms with Crippen molar-refractivity contribution in [3.63, 3.8) is 0 Å². The van der Waals surface area contributed by atoms with E-state index in [4.69, 9.17) is 4.18 Å². The summed E-state index contributed by atoms with van der Waals surface area (Å²) in [6.45, 7) is 2.37. The first-order valence-electron chi connectivity index (χ1n) is 9.46. The Morgan fingerprint density at radius 2 is 1.66 bits per heavy atom. The smallest absolute Gasteiger partial charge is 0.339 e. The molecule has 1 fully saturated rings. The monoisotopic (exact) mass is 407 g/mol. The van der Waals surface area contributed by atoms with E-state index in [1.165, 1.54) is 6.07 Å². The number of hydrogen-bond donors (Lipinski definition) is 0. The third kappa shape index (κ3) is 3.89. The first kappa shape index (κ1) is 19.2. The van der Waals surface area contributed by atoms with Crippen molar-refractivity contribution in [2.45, 2.75) is 24.7 Å². The number of para-hydroxylation sites is 1. The highest BCUT2D eigenvalue weighted by atomic mass is 32.2. The lowest BCUT2D eigenvalue weighted by Gasteiger charge is -2.18. The zero-order valence-electron chi connectivity index (χ0n) is 16.0. The molecule has 1 aliphatic heterocycles. The van der Waals surface area contributed by atoms with Gasteiger partial charge in [0.1, 0.15) is 4.90 Å². The Morgan fingerprint density at radius 3 is 2.34 bits per heavy atom. The lowest BCUT2D eigenvalue weighted by molar-refractivity contribution is -0.117. The van der Waals surface area contributed by atoms with Crippen molar-refractivity contribution in [1.82, 2.24) is 0 Å². The number of anilines is 1. The molecular weight excluding hydrogens is 386 g/mol. The number of hydrogen-bond acceptors (Lipinski definition) is 4. The molecule has 0 radical (unpaired) electrons. The standard InChI is InChI=1S/C23H21NO4S/c1-17-16-19(24-15-7-12-23(24)25)13-14-22(17)29(26,27)28-21-11-6-5-10-20(21)18-8-3-2-4-9-18/h2-6,8-11,13-14,16H,7,12,15H2,1H3. The van der Waals surface area contributed by atoms with Gasteiger partial charge in [0.15, 0.2) is 5.75 Å². The van der Waals surface area contributed by atoms with Gasteiger partial charge in [0.25, 0.3) is 0 Å². The van der Waals surface area contributed by atoms with Gasteiger partial charge in [0.05, 0.1) is 0 Å². The summed E-state index contributed by atoms with van der Waals surface area (Å²) in [7, 11) is -4.03. The van der Waals surface area contributed by atoms with E-state index < -0.39 is 10.1 Å². The van der Waals surface area contributed by atoms with Crippen LogP contribution in [0.4, 0.5) is 5.69 Å². The largest absolute Gasteiger partial charge is 0.378 e. The second kappa shape index (κ2) is 7.72. The van der Waals surface area contributed by atoms with Crippen LogP contribution in [-0.2, 0) is 14.9 Å². The van der Waals surface area contributed by atoms with E-state index in [0.29, 0.717) is 29.8 Å². The molecule has 1 amide bonds. The summed E-state index contributed by atoms with van der Waals surface area (Å²) in [5.74, 6) is 0.338.